The second-order valence-corrected chi connectivity index (χ2v) is 2.55. The smallest absolute Gasteiger partial charge is 0.104 e. The van der Waals surface area contributed by atoms with Crippen molar-refractivity contribution in [3.05, 3.63) is 0 Å². The van der Waals surface area contributed by atoms with E-state index in [1.54, 1.807) is 0 Å². The molecule has 0 radical (unpaired) electrons. The zero-order valence-corrected chi connectivity index (χ0v) is 6.25. The van der Waals surface area contributed by atoms with Crippen molar-refractivity contribution in [2.45, 2.75) is 25.6 Å². The lowest BCUT2D eigenvalue weighted by Gasteiger charge is -2.26. The Labute approximate surface area is 60.9 Å². The van der Waals surface area contributed by atoms with Crippen molar-refractivity contribution in [1.29, 1.82) is 0 Å². The van der Waals surface area contributed by atoms with Crippen LogP contribution in [0, 0.1) is 0 Å². The van der Waals surface area contributed by atoms with E-state index in [1.165, 1.54) is 0 Å². The Hall–Kier alpha value is -0.120. The molecule has 3 nitrogen and oxygen atoms in total. The van der Waals surface area contributed by atoms with Gasteiger partial charge in [0.05, 0.1) is 25.9 Å². The van der Waals surface area contributed by atoms with Crippen molar-refractivity contribution in [2.75, 3.05) is 19.8 Å². The third-order valence-corrected chi connectivity index (χ3v) is 1.60. The van der Waals surface area contributed by atoms with Crippen LogP contribution in [-0.4, -0.2) is 37.1 Å². The summed E-state index contributed by atoms with van der Waals surface area (Å²) in [5.74, 6) is 0. The van der Waals surface area contributed by atoms with E-state index in [1.807, 2.05) is 6.92 Å². The van der Waals surface area contributed by atoms with Crippen LogP contribution in [0.4, 0.5) is 0 Å². The maximum Gasteiger partial charge on any atom is 0.104 e. The van der Waals surface area contributed by atoms with Crippen LogP contribution in [0.3, 0.4) is 0 Å². The molecule has 1 rings (SSSR count). The SMILES string of the molecule is CC[C@@H](O)COC1COC1. The summed E-state index contributed by atoms with van der Waals surface area (Å²) in [5.41, 5.74) is 0. The average molecular weight is 146 g/mol. The van der Waals surface area contributed by atoms with E-state index in [0.717, 1.165) is 6.42 Å². The molecule has 1 heterocycles. The van der Waals surface area contributed by atoms with Crippen LogP contribution < -0.4 is 0 Å². The van der Waals surface area contributed by atoms with Crippen LogP contribution in [0.15, 0.2) is 0 Å². The van der Waals surface area contributed by atoms with Crippen molar-refractivity contribution in [2.24, 2.45) is 0 Å². The Morgan fingerprint density at radius 1 is 1.70 bits per heavy atom. The number of aliphatic hydroxyl groups is 1. The molecule has 60 valence electrons. The highest BCUT2D eigenvalue weighted by atomic mass is 16.6. The predicted octanol–water partition coefficient (Wildman–Crippen LogP) is 0.173. The highest BCUT2D eigenvalue weighted by molar-refractivity contribution is 4.65. The molecule has 0 aliphatic carbocycles. The van der Waals surface area contributed by atoms with Gasteiger partial charge in [-0.25, -0.2) is 0 Å². The molecule has 0 amide bonds. The predicted molar refractivity (Wildman–Crippen MR) is 36.9 cm³/mol. The van der Waals surface area contributed by atoms with E-state index in [-0.39, 0.29) is 12.2 Å². The Bertz CT molecular complexity index is 86.1. The quantitative estimate of drug-likeness (QED) is 0.614. The van der Waals surface area contributed by atoms with E-state index in [4.69, 9.17) is 14.6 Å². The third-order valence-electron chi connectivity index (χ3n) is 1.60. The van der Waals surface area contributed by atoms with Gasteiger partial charge < -0.3 is 14.6 Å². The average Bonchev–Trinajstić information content (AvgIpc) is 1.84. The minimum absolute atomic E-state index is 0.237. The molecule has 0 spiro atoms. The Balaban J connectivity index is 1.93. The van der Waals surface area contributed by atoms with E-state index in [2.05, 4.69) is 0 Å². The van der Waals surface area contributed by atoms with Gasteiger partial charge in [0, 0.05) is 0 Å². The van der Waals surface area contributed by atoms with Gasteiger partial charge in [-0.3, -0.25) is 0 Å². The summed E-state index contributed by atoms with van der Waals surface area (Å²) in [4.78, 5) is 0. The third kappa shape index (κ3) is 2.25. The molecule has 0 bridgehead atoms. The maximum absolute atomic E-state index is 9.06. The maximum atomic E-state index is 9.06. The van der Waals surface area contributed by atoms with Crippen LogP contribution in [-0.2, 0) is 9.47 Å². The van der Waals surface area contributed by atoms with Gasteiger partial charge in [-0.05, 0) is 6.42 Å². The number of ether oxygens (including phenoxy) is 2. The second-order valence-electron chi connectivity index (χ2n) is 2.55. The zero-order chi connectivity index (χ0) is 7.40. The van der Waals surface area contributed by atoms with Crippen LogP contribution in [0.1, 0.15) is 13.3 Å². The number of hydrogen-bond acceptors (Lipinski definition) is 3. The lowest BCUT2D eigenvalue weighted by molar-refractivity contribution is -0.143. The summed E-state index contributed by atoms with van der Waals surface area (Å²) in [6.07, 6.45) is 0.690. The molecule has 3 heteroatoms. The number of hydrogen-bond donors (Lipinski definition) is 1. The van der Waals surface area contributed by atoms with Gasteiger partial charge in [-0.15, -0.1) is 0 Å². The van der Waals surface area contributed by atoms with Crippen LogP contribution in [0.25, 0.3) is 0 Å². The summed E-state index contributed by atoms with van der Waals surface area (Å²) in [7, 11) is 0. The molecule has 0 unspecified atom stereocenters. The molecule has 1 atom stereocenters. The monoisotopic (exact) mass is 146 g/mol. The fourth-order valence-electron chi connectivity index (χ4n) is 0.675. The Kier molecular flexibility index (Phi) is 3.12. The highest BCUT2D eigenvalue weighted by Crippen LogP contribution is 2.05. The van der Waals surface area contributed by atoms with Gasteiger partial charge in [-0.1, -0.05) is 6.92 Å². The van der Waals surface area contributed by atoms with Gasteiger partial charge in [0.25, 0.3) is 0 Å². The zero-order valence-electron chi connectivity index (χ0n) is 6.25. The summed E-state index contributed by atoms with van der Waals surface area (Å²) < 4.78 is 10.1. The number of aliphatic hydroxyl groups excluding tert-OH is 1. The first-order valence-electron chi connectivity index (χ1n) is 3.70. The first kappa shape index (κ1) is 7.98. The Morgan fingerprint density at radius 2 is 2.40 bits per heavy atom. The molecule has 1 aliphatic rings. The van der Waals surface area contributed by atoms with Crippen molar-refractivity contribution >= 4 is 0 Å². The molecule has 0 aromatic carbocycles. The molecule has 1 aliphatic heterocycles. The van der Waals surface area contributed by atoms with Crippen LogP contribution in [0.5, 0.6) is 0 Å². The number of rotatable bonds is 4. The fraction of sp³-hybridized carbons (Fsp3) is 1.00. The van der Waals surface area contributed by atoms with Crippen molar-refractivity contribution in [3.63, 3.8) is 0 Å². The van der Waals surface area contributed by atoms with E-state index in [0.29, 0.717) is 19.8 Å². The van der Waals surface area contributed by atoms with E-state index < -0.39 is 0 Å². The minimum Gasteiger partial charge on any atom is -0.391 e. The summed E-state index contributed by atoms with van der Waals surface area (Å²) in [5, 5.41) is 9.06. The minimum atomic E-state index is -0.305. The van der Waals surface area contributed by atoms with E-state index in [9.17, 15) is 0 Å². The van der Waals surface area contributed by atoms with Crippen molar-refractivity contribution < 1.29 is 14.6 Å². The van der Waals surface area contributed by atoms with Gasteiger partial charge in [0.15, 0.2) is 0 Å². The van der Waals surface area contributed by atoms with Crippen molar-refractivity contribution in [1.82, 2.24) is 0 Å². The highest BCUT2D eigenvalue weighted by Gasteiger charge is 2.19. The molecular formula is C7H14O3. The standard InChI is InChI=1S/C7H14O3/c1-2-6(8)3-10-7-4-9-5-7/h6-8H,2-5H2,1H3/t6-/m1/s1. The van der Waals surface area contributed by atoms with E-state index >= 15 is 0 Å². The first-order valence-corrected chi connectivity index (χ1v) is 3.70. The molecule has 10 heavy (non-hydrogen) atoms. The topological polar surface area (TPSA) is 38.7 Å². The van der Waals surface area contributed by atoms with Gasteiger partial charge in [0.1, 0.15) is 6.10 Å². The first-order chi connectivity index (χ1) is 4.83. The molecule has 1 saturated heterocycles. The summed E-state index contributed by atoms with van der Waals surface area (Å²) in [6, 6.07) is 0. The normalized spacial score (nSPS) is 22.2. The van der Waals surface area contributed by atoms with Crippen LogP contribution >= 0.6 is 0 Å². The molecule has 0 aromatic heterocycles. The summed E-state index contributed by atoms with van der Waals surface area (Å²) >= 11 is 0. The fourth-order valence-corrected chi connectivity index (χ4v) is 0.675. The Morgan fingerprint density at radius 3 is 2.80 bits per heavy atom. The second kappa shape index (κ2) is 3.91. The lowest BCUT2D eigenvalue weighted by atomic mass is 10.3. The van der Waals surface area contributed by atoms with Gasteiger partial charge in [-0.2, -0.15) is 0 Å². The summed E-state index contributed by atoms with van der Waals surface area (Å²) in [6.45, 7) is 3.77. The molecule has 1 fully saturated rings. The van der Waals surface area contributed by atoms with Gasteiger partial charge in [0.2, 0.25) is 0 Å². The van der Waals surface area contributed by atoms with Crippen LogP contribution in [0.2, 0.25) is 0 Å². The molecular weight excluding hydrogens is 132 g/mol. The molecule has 0 aromatic rings. The largest absolute Gasteiger partial charge is 0.391 e. The van der Waals surface area contributed by atoms with Crippen molar-refractivity contribution in [3.8, 4) is 0 Å². The van der Waals surface area contributed by atoms with Gasteiger partial charge >= 0.3 is 0 Å². The lowest BCUT2D eigenvalue weighted by Crippen LogP contribution is -2.37. The molecule has 1 N–H and O–H groups in total. The molecule has 0 saturated carbocycles.